The number of hydrogen-bond acceptors (Lipinski definition) is 6. The van der Waals surface area contributed by atoms with Gasteiger partial charge in [-0.05, 0) is 25.1 Å². The number of hydrogen-bond donors (Lipinski definition) is 0. The number of benzene rings is 2. The van der Waals surface area contributed by atoms with Crippen LogP contribution in [0.5, 0.6) is 0 Å². The average Bonchev–Trinajstić information content (AvgIpc) is 3.16. The smallest absolute Gasteiger partial charge is 0.274 e. The summed E-state index contributed by atoms with van der Waals surface area (Å²) in [7, 11) is -4.17. The summed E-state index contributed by atoms with van der Waals surface area (Å²) in [6.45, 7) is 5.67. The zero-order valence-corrected chi connectivity index (χ0v) is 18.3. The first-order valence-corrected chi connectivity index (χ1v) is 11.6. The highest BCUT2D eigenvalue weighted by Crippen LogP contribution is 2.46. The molecule has 1 fully saturated rings. The molecule has 6 nitrogen and oxygen atoms in total. The summed E-state index contributed by atoms with van der Waals surface area (Å²) < 4.78 is 27.7. The minimum atomic E-state index is -4.17. The van der Waals surface area contributed by atoms with E-state index in [2.05, 4.69) is 6.58 Å². The van der Waals surface area contributed by atoms with Crippen LogP contribution in [0.25, 0.3) is 5.57 Å². The van der Waals surface area contributed by atoms with E-state index >= 15 is 0 Å². The molecule has 1 saturated heterocycles. The fraction of sp³-hybridized carbons (Fsp3) is 0.0952. The minimum Gasteiger partial charge on any atom is -0.289 e. The van der Waals surface area contributed by atoms with Crippen LogP contribution in [-0.4, -0.2) is 36.0 Å². The molecule has 0 spiro atoms. The van der Waals surface area contributed by atoms with Crippen molar-refractivity contribution >= 4 is 61.4 Å². The van der Waals surface area contributed by atoms with Crippen molar-refractivity contribution in [3.8, 4) is 0 Å². The molecule has 0 aromatic heterocycles. The van der Waals surface area contributed by atoms with Crippen molar-refractivity contribution in [3.05, 3.63) is 77.2 Å². The van der Waals surface area contributed by atoms with E-state index in [9.17, 15) is 18.0 Å². The molecule has 4 rings (SSSR count). The Morgan fingerprint density at radius 2 is 1.73 bits per heavy atom. The Hall–Kier alpha value is -2.75. The van der Waals surface area contributed by atoms with E-state index in [4.69, 9.17) is 12.2 Å². The Balaban J connectivity index is 1.89. The molecule has 0 aliphatic carbocycles. The number of para-hydroxylation sites is 1. The molecule has 2 heterocycles. The van der Waals surface area contributed by atoms with Crippen LogP contribution in [0.1, 0.15) is 11.1 Å². The normalized spacial score (nSPS) is 18.9. The zero-order valence-electron chi connectivity index (χ0n) is 15.9. The van der Waals surface area contributed by atoms with Gasteiger partial charge in [0.25, 0.3) is 21.8 Å². The number of anilines is 1. The van der Waals surface area contributed by atoms with Crippen molar-refractivity contribution < 1.29 is 18.0 Å². The second-order valence-corrected chi connectivity index (χ2v) is 10.1. The van der Waals surface area contributed by atoms with E-state index in [1.807, 2.05) is 6.92 Å². The van der Waals surface area contributed by atoms with Crippen LogP contribution in [0.15, 0.2) is 71.0 Å². The number of amides is 2. The third-order valence-corrected chi connectivity index (χ3v) is 7.90. The molecule has 2 amide bonds. The van der Waals surface area contributed by atoms with Crippen LogP contribution in [-0.2, 0) is 19.6 Å². The van der Waals surface area contributed by atoms with E-state index in [-0.39, 0.29) is 27.6 Å². The lowest BCUT2D eigenvalue weighted by atomic mass is 10.1. The molecule has 0 saturated carbocycles. The molecule has 0 unspecified atom stereocenters. The van der Waals surface area contributed by atoms with Gasteiger partial charge in [0.2, 0.25) is 0 Å². The van der Waals surface area contributed by atoms with Gasteiger partial charge in [0.05, 0.1) is 21.1 Å². The van der Waals surface area contributed by atoms with Crippen molar-refractivity contribution in [3.63, 3.8) is 0 Å². The fourth-order valence-corrected chi connectivity index (χ4v) is 6.06. The number of nitrogens with zero attached hydrogens (tertiary/aromatic N) is 2. The molecule has 0 bridgehead atoms. The molecule has 152 valence electrons. The first kappa shape index (κ1) is 20.5. The van der Waals surface area contributed by atoms with Gasteiger partial charge in [-0.3, -0.25) is 14.5 Å². The summed E-state index contributed by atoms with van der Waals surface area (Å²) in [4.78, 5) is 27.8. The maximum atomic E-state index is 13.4. The molecule has 9 heteroatoms. The zero-order chi connectivity index (χ0) is 21.6. The number of fused-ring (bicyclic) bond motifs is 1. The summed E-state index contributed by atoms with van der Waals surface area (Å²) in [6, 6.07) is 12.8. The number of aryl methyl sites for hydroxylation is 1. The lowest BCUT2D eigenvalue weighted by Gasteiger charge is -2.17. The van der Waals surface area contributed by atoms with Crippen molar-refractivity contribution in [2.75, 3.05) is 10.8 Å². The van der Waals surface area contributed by atoms with Crippen molar-refractivity contribution in [2.45, 2.75) is 11.8 Å². The molecule has 2 aliphatic rings. The van der Waals surface area contributed by atoms with Gasteiger partial charge in [0.15, 0.2) is 0 Å². The topological polar surface area (TPSA) is 74.8 Å². The van der Waals surface area contributed by atoms with Crippen LogP contribution in [0.4, 0.5) is 5.69 Å². The number of rotatable bonds is 4. The summed E-state index contributed by atoms with van der Waals surface area (Å²) >= 11 is 6.26. The summed E-state index contributed by atoms with van der Waals surface area (Å²) in [5.41, 5.74) is 1.54. The number of sulfonamides is 1. The Labute approximate surface area is 183 Å². The number of carbonyl (C=O) groups excluding carboxylic acids is 2. The van der Waals surface area contributed by atoms with E-state index in [1.54, 1.807) is 36.4 Å². The van der Waals surface area contributed by atoms with Gasteiger partial charge in [-0.1, -0.05) is 66.0 Å². The third-order valence-electron chi connectivity index (χ3n) is 4.74. The van der Waals surface area contributed by atoms with Crippen molar-refractivity contribution in [1.82, 2.24) is 4.90 Å². The first-order chi connectivity index (χ1) is 14.3. The van der Waals surface area contributed by atoms with Crippen LogP contribution in [0, 0.1) is 6.92 Å². The van der Waals surface area contributed by atoms with Gasteiger partial charge in [-0.2, -0.15) is 4.31 Å². The first-order valence-electron chi connectivity index (χ1n) is 8.92. The largest absolute Gasteiger partial charge is 0.289 e. The van der Waals surface area contributed by atoms with Gasteiger partial charge in [0, 0.05) is 12.1 Å². The fourth-order valence-electron chi connectivity index (χ4n) is 3.30. The summed E-state index contributed by atoms with van der Waals surface area (Å²) in [6.07, 6.45) is 1.54. The Kier molecular flexibility index (Phi) is 5.13. The highest BCUT2D eigenvalue weighted by Gasteiger charge is 2.46. The molecule has 2 aliphatic heterocycles. The van der Waals surface area contributed by atoms with E-state index in [0.717, 1.165) is 21.6 Å². The SMILES string of the molecule is C=CCN1C(=O)/C(=C2/C(=O)N(S(=O)(=O)c3ccc(C)cc3)c3ccccc32)SC1=S. The predicted molar refractivity (Wildman–Crippen MR) is 121 cm³/mol. The van der Waals surface area contributed by atoms with Gasteiger partial charge in [0.1, 0.15) is 4.32 Å². The van der Waals surface area contributed by atoms with Crippen molar-refractivity contribution in [1.29, 1.82) is 0 Å². The number of thioether (sulfide) groups is 1. The molecule has 30 heavy (non-hydrogen) atoms. The predicted octanol–water partition coefficient (Wildman–Crippen LogP) is 3.49. The van der Waals surface area contributed by atoms with E-state index < -0.39 is 21.8 Å². The molecule has 0 radical (unpaired) electrons. The highest BCUT2D eigenvalue weighted by atomic mass is 32.2. The molecule has 2 aromatic rings. The van der Waals surface area contributed by atoms with E-state index in [1.165, 1.54) is 23.1 Å². The summed E-state index contributed by atoms with van der Waals surface area (Å²) in [5.74, 6) is -1.20. The Morgan fingerprint density at radius 3 is 2.40 bits per heavy atom. The van der Waals surface area contributed by atoms with Crippen LogP contribution in [0.3, 0.4) is 0 Å². The van der Waals surface area contributed by atoms with Crippen molar-refractivity contribution in [2.24, 2.45) is 0 Å². The highest BCUT2D eigenvalue weighted by molar-refractivity contribution is 8.26. The van der Waals surface area contributed by atoms with E-state index in [0.29, 0.717) is 9.88 Å². The second kappa shape index (κ2) is 7.50. The van der Waals surface area contributed by atoms with Gasteiger partial charge < -0.3 is 0 Å². The van der Waals surface area contributed by atoms with Gasteiger partial charge >= 0.3 is 0 Å². The maximum absolute atomic E-state index is 13.4. The lowest BCUT2D eigenvalue weighted by Crippen LogP contribution is -2.34. The Bertz CT molecular complexity index is 1250. The lowest BCUT2D eigenvalue weighted by molar-refractivity contribution is -0.122. The minimum absolute atomic E-state index is 0.00305. The number of thiocarbonyl (C=S) groups is 1. The third kappa shape index (κ3) is 3.10. The van der Waals surface area contributed by atoms with Crippen LogP contribution in [0.2, 0.25) is 0 Å². The molecule has 2 aromatic carbocycles. The standard InChI is InChI=1S/C21H16N2O4S3/c1-3-12-22-20(25)18(29-21(22)28)17-15-6-4-5-7-16(15)23(19(17)24)30(26,27)14-10-8-13(2)9-11-14/h3-11H,1,12H2,2H3/b18-17-. The summed E-state index contributed by atoms with van der Waals surface area (Å²) in [5, 5.41) is 0. The molecule has 0 atom stereocenters. The quantitative estimate of drug-likeness (QED) is 0.398. The maximum Gasteiger partial charge on any atom is 0.274 e. The Morgan fingerprint density at radius 1 is 1.07 bits per heavy atom. The number of carbonyl (C=O) groups is 2. The van der Waals surface area contributed by atoms with Crippen LogP contribution < -0.4 is 4.31 Å². The molecule has 0 N–H and O–H groups in total. The average molecular weight is 457 g/mol. The second-order valence-electron chi connectivity index (χ2n) is 6.68. The van der Waals surface area contributed by atoms with Gasteiger partial charge in [-0.15, -0.1) is 6.58 Å². The van der Waals surface area contributed by atoms with Crippen LogP contribution >= 0.6 is 24.0 Å². The molecular weight excluding hydrogens is 440 g/mol. The van der Waals surface area contributed by atoms with Gasteiger partial charge in [-0.25, -0.2) is 8.42 Å². The molecular formula is C21H16N2O4S3. The monoisotopic (exact) mass is 456 g/mol.